The summed E-state index contributed by atoms with van der Waals surface area (Å²) in [6.07, 6.45) is 2.07. The third-order valence-electron chi connectivity index (χ3n) is 2.98. The molecule has 1 aromatic carbocycles. The Morgan fingerprint density at radius 1 is 1.22 bits per heavy atom. The average Bonchev–Trinajstić information content (AvgIpc) is 3.13. The Labute approximate surface area is 107 Å². The van der Waals surface area contributed by atoms with E-state index in [2.05, 4.69) is 5.32 Å². The molecule has 1 amide bonds. The van der Waals surface area contributed by atoms with Gasteiger partial charge in [-0.15, -0.1) is 0 Å². The number of carbonyl (C=O) groups is 1. The van der Waals surface area contributed by atoms with Crippen molar-refractivity contribution in [1.82, 2.24) is 5.32 Å². The largest absolute Gasteiger partial charge is 0.349 e. The fourth-order valence-electron chi connectivity index (χ4n) is 1.56. The minimum Gasteiger partial charge on any atom is -0.349 e. The molecular weight excluding hydrogens is 250 g/mol. The third kappa shape index (κ3) is 2.72. The standard InChI is InChI=1S/C13H17NO3S/c1-9(2)18(16,17)12-7-3-10(4-8-12)13(15)14-11-5-6-11/h3-4,7-9,11H,5-6H2,1-2H3,(H,14,15). The number of benzene rings is 1. The van der Waals surface area contributed by atoms with E-state index in [1.807, 2.05) is 0 Å². The van der Waals surface area contributed by atoms with E-state index in [4.69, 9.17) is 0 Å². The zero-order valence-corrected chi connectivity index (χ0v) is 11.3. The molecule has 0 atom stereocenters. The summed E-state index contributed by atoms with van der Waals surface area (Å²) < 4.78 is 23.8. The molecule has 0 spiro atoms. The van der Waals surface area contributed by atoms with Crippen LogP contribution in [0.5, 0.6) is 0 Å². The number of nitrogens with one attached hydrogen (secondary N) is 1. The van der Waals surface area contributed by atoms with Crippen LogP contribution in [0.2, 0.25) is 0 Å². The molecule has 1 saturated carbocycles. The normalized spacial score (nSPS) is 15.7. The molecule has 0 unspecified atom stereocenters. The van der Waals surface area contributed by atoms with Gasteiger partial charge in [0.15, 0.2) is 9.84 Å². The maximum absolute atomic E-state index is 11.9. The van der Waals surface area contributed by atoms with Crippen LogP contribution < -0.4 is 5.32 Å². The van der Waals surface area contributed by atoms with Gasteiger partial charge in [-0.05, 0) is 51.0 Å². The van der Waals surface area contributed by atoms with Gasteiger partial charge in [-0.2, -0.15) is 0 Å². The second-order valence-corrected chi connectivity index (χ2v) is 7.37. The van der Waals surface area contributed by atoms with Crippen molar-refractivity contribution in [2.45, 2.75) is 42.9 Å². The van der Waals surface area contributed by atoms with Crippen molar-refractivity contribution in [3.8, 4) is 0 Å². The number of amides is 1. The lowest BCUT2D eigenvalue weighted by molar-refractivity contribution is 0.0951. The van der Waals surface area contributed by atoms with Gasteiger partial charge in [-0.3, -0.25) is 4.79 Å². The molecule has 98 valence electrons. The van der Waals surface area contributed by atoms with Crippen LogP contribution in [0.1, 0.15) is 37.0 Å². The van der Waals surface area contributed by atoms with Crippen LogP contribution in [0.4, 0.5) is 0 Å². The summed E-state index contributed by atoms with van der Waals surface area (Å²) in [6, 6.07) is 6.42. The van der Waals surface area contributed by atoms with Crippen LogP contribution >= 0.6 is 0 Å². The van der Waals surface area contributed by atoms with E-state index in [0.29, 0.717) is 11.6 Å². The summed E-state index contributed by atoms with van der Waals surface area (Å²) >= 11 is 0. The van der Waals surface area contributed by atoms with Crippen molar-refractivity contribution in [3.63, 3.8) is 0 Å². The summed E-state index contributed by atoms with van der Waals surface area (Å²) in [7, 11) is -3.26. The molecule has 0 aromatic heterocycles. The fraction of sp³-hybridized carbons (Fsp3) is 0.462. The van der Waals surface area contributed by atoms with E-state index in [1.54, 1.807) is 26.0 Å². The first-order chi connectivity index (χ1) is 8.41. The van der Waals surface area contributed by atoms with Gasteiger partial charge in [0, 0.05) is 11.6 Å². The Balaban J connectivity index is 2.16. The first-order valence-corrected chi connectivity index (χ1v) is 7.60. The Bertz CT molecular complexity index is 542. The Hall–Kier alpha value is -1.36. The van der Waals surface area contributed by atoms with Crippen molar-refractivity contribution in [3.05, 3.63) is 29.8 Å². The van der Waals surface area contributed by atoms with Crippen LogP contribution in [0, 0.1) is 0 Å². The van der Waals surface area contributed by atoms with Gasteiger partial charge in [0.05, 0.1) is 10.1 Å². The van der Waals surface area contributed by atoms with Crippen LogP contribution in [0.3, 0.4) is 0 Å². The van der Waals surface area contributed by atoms with Crippen molar-refractivity contribution in [1.29, 1.82) is 0 Å². The summed E-state index contributed by atoms with van der Waals surface area (Å²) in [5, 5.41) is 2.41. The lowest BCUT2D eigenvalue weighted by Crippen LogP contribution is -2.25. The minimum absolute atomic E-state index is 0.133. The van der Waals surface area contributed by atoms with E-state index in [0.717, 1.165) is 12.8 Å². The zero-order valence-electron chi connectivity index (χ0n) is 10.5. The van der Waals surface area contributed by atoms with Gasteiger partial charge >= 0.3 is 0 Å². The predicted molar refractivity (Wildman–Crippen MR) is 69.3 cm³/mol. The highest BCUT2D eigenvalue weighted by Gasteiger charge is 2.24. The van der Waals surface area contributed by atoms with Crippen molar-refractivity contribution < 1.29 is 13.2 Å². The maximum atomic E-state index is 11.9. The molecule has 0 heterocycles. The van der Waals surface area contributed by atoms with E-state index in [-0.39, 0.29) is 10.8 Å². The minimum atomic E-state index is -3.26. The SMILES string of the molecule is CC(C)S(=O)(=O)c1ccc(C(=O)NC2CC2)cc1. The highest BCUT2D eigenvalue weighted by atomic mass is 32.2. The molecule has 18 heavy (non-hydrogen) atoms. The first kappa shape index (κ1) is 13.1. The molecule has 0 aliphatic heterocycles. The van der Waals surface area contributed by atoms with Gasteiger partial charge in [0.25, 0.3) is 5.91 Å². The van der Waals surface area contributed by atoms with Crippen molar-refractivity contribution in [2.24, 2.45) is 0 Å². The van der Waals surface area contributed by atoms with Crippen molar-refractivity contribution >= 4 is 15.7 Å². The Morgan fingerprint density at radius 2 is 1.78 bits per heavy atom. The highest BCUT2D eigenvalue weighted by molar-refractivity contribution is 7.92. The quantitative estimate of drug-likeness (QED) is 0.904. The van der Waals surface area contributed by atoms with Gasteiger partial charge in [0.1, 0.15) is 0 Å². The maximum Gasteiger partial charge on any atom is 0.251 e. The third-order valence-corrected chi connectivity index (χ3v) is 5.15. The second-order valence-electron chi connectivity index (χ2n) is 4.87. The number of sulfone groups is 1. The van der Waals surface area contributed by atoms with Crippen molar-refractivity contribution in [2.75, 3.05) is 0 Å². The summed E-state index contributed by atoms with van der Waals surface area (Å²) in [5.41, 5.74) is 0.504. The fourth-order valence-corrected chi connectivity index (χ4v) is 2.62. The van der Waals surface area contributed by atoms with E-state index in [9.17, 15) is 13.2 Å². The molecule has 1 N–H and O–H groups in total. The molecular formula is C13H17NO3S. The molecule has 2 rings (SSSR count). The molecule has 0 saturated heterocycles. The molecule has 0 radical (unpaired) electrons. The summed E-state index contributed by atoms with van der Waals surface area (Å²) in [5.74, 6) is -0.133. The van der Waals surface area contributed by atoms with Crippen LogP contribution in [0.25, 0.3) is 0 Å². The lowest BCUT2D eigenvalue weighted by atomic mass is 10.2. The second kappa shape index (κ2) is 4.72. The number of rotatable bonds is 4. The van der Waals surface area contributed by atoms with Crippen LogP contribution in [0.15, 0.2) is 29.2 Å². The Kier molecular flexibility index (Phi) is 3.43. The van der Waals surface area contributed by atoms with Gasteiger partial charge in [-0.1, -0.05) is 0 Å². The lowest BCUT2D eigenvalue weighted by Gasteiger charge is -2.08. The van der Waals surface area contributed by atoms with Gasteiger partial charge < -0.3 is 5.32 Å². The molecule has 1 aromatic rings. The molecule has 1 fully saturated rings. The first-order valence-electron chi connectivity index (χ1n) is 6.06. The molecule has 5 heteroatoms. The molecule has 1 aliphatic rings. The van der Waals surface area contributed by atoms with Crippen LogP contribution in [-0.4, -0.2) is 25.6 Å². The van der Waals surface area contributed by atoms with Gasteiger partial charge in [-0.25, -0.2) is 8.42 Å². The topological polar surface area (TPSA) is 63.2 Å². The van der Waals surface area contributed by atoms with E-state index < -0.39 is 15.1 Å². The zero-order chi connectivity index (χ0) is 13.3. The smallest absolute Gasteiger partial charge is 0.251 e. The monoisotopic (exact) mass is 267 g/mol. The van der Waals surface area contributed by atoms with Crippen LogP contribution in [-0.2, 0) is 9.84 Å². The predicted octanol–water partition coefficient (Wildman–Crippen LogP) is 1.76. The highest BCUT2D eigenvalue weighted by Crippen LogP contribution is 2.20. The molecule has 0 bridgehead atoms. The number of hydrogen-bond acceptors (Lipinski definition) is 3. The van der Waals surface area contributed by atoms with E-state index >= 15 is 0 Å². The summed E-state index contributed by atoms with van der Waals surface area (Å²) in [4.78, 5) is 12.0. The summed E-state index contributed by atoms with van der Waals surface area (Å²) in [6.45, 7) is 3.28. The van der Waals surface area contributed by atoms with Gasteiger partial charge in [0.2, 0.25) is 0 Å². The number of carbonyl (C=O) groups excluding carboxylic acids is 1. The average molecular weight is 267 g/mol. The Morgan fingerprint density at radius 3 is 2.22 bits per heavy atom. The molecule has 4 nitrogen and oxygen atoms in total. The number of hydrogen-bond donors (Lipinski definition) is 1. The van der Waals surface area contributed by atoms with E-state index in [1.165, 1.54) is 12.1 Å². The molecule has 1 aliphatic carbocycles.